The van der Waals surface area contributed by atoms with Crippen molar-refractivity contribution in [3.05, 3.63) is 18.3 Å². The Morgan fingerprint density at radius 3 is 2.89 bits per heavy atom. The van der Waals surface area contributed by atoms with Crippen LogP contribution in [0.15, 0.2) is 23.2 Å². The van der Waals surface area contributed by atoms with Crippen molar-refractivity contribution in [3.8, 4) is 0 Å². The number of aromatic nitrogens is 1. The number of anilines is 1. The maximum absolute atomic E-state index is 5.38. The Balaban J connectivity index is 2.94. The number of thiol groups is 1. The molecule has 0 bridgehead atoms. The number of pyridine rings is 1. The van der Waals surface area contributed by atoms with Gasteiger partial charge >= 0.3 is 0 Å². The third-order valence-electron chi connectivity index (χ3n) is 0.858. The number of hydrogen-bond acceptors (Lipinski definition) is 4. The van der Waals surface area contributed by atoms with Gasteiger partial charge in [-0.15, -0.1) is 11.7 Å². The first-order valence-corrected chi connectivity index (χ1v) is 4.23. The standard InChI is InChI=1S/C5H6N2S2/c6-5-3-4(9-8)1-2-7-5/h1-3,8H,(H2,6,7). The third kappa shape index (κ3) is 1.80. The molecule has 0 spiro atoms. The maximum Gasteiger partial charge on any atom is 0.124 e. The van der Waals surface area contributed by atoms with Gasteiger partial charge in [0.1, 0.15) is 5.82 Å². The summed E-state index contributed by atoms with van der Waals surface area (Å²) in [6.07, 6.45) is 1.66. The molecule has 0 aromatic carbocycles. The van der Waals surface area contributed by atoms with Gasteiger partial charge in [-0.25, -0.2) is 4.98 Å². The zero-order chi connectivity index (χ0) is 6.69. The summed E-state index contributed by atoms with van der Waals surface area (Å²) < 4.78 is 0. The van der Waals surface area contributed by atoms with Gasteiger partial charge in [0, 0.05) is 11.1 Å². The fourth-order valence-corrected chi connectivity index (χ4v) is 1.12. The third-order valence-corrected chi connectivity index (χ3v) is 1.96. The molecule has 0 aliphatic rings. The molecule has 1 aromatic heterocycles. The van der Waals surface area contributed by atoms with Crippen molar-refractivity contribution in [2.24, 2.45) is 0 Å². The van der Waals surface area contributed by atoms with Crippen molar-refractivity contribution in [2.75, 3.05) is 5.73 Å². The van der Waals surface area contributed by atoms with E-state index in [1.807, 2.05) is 6.07 Å². The monoisotopic (exact) mass is 158 g/mol. The Labute approximate surface area is 62.7 Å². The van der Waals surface area contributed by atoms with E-state index < -0.39 is 0 Å². The van der Waals surface area contributed by atoms with Crippen LogP contribution >= 0.6 is 22.5 Å². The largest absolute Gasteiger partial charge is 0.384 e. The van der Waals surface area contributed by atoms with Gasteiger partial charge in [-0.2, -0.15) is 0 Å². The Hall–Kier alpha value is -0.350. The minimum atomic E-state index is 0.536. The predicted molar refractivity (Wildman–Crippen MR) is 43.5 cm³/mol. The van der Waals surface area contributed by atoms with Gasteiger partial charge in [0.15, 0.2) is 0 Å². The highest BCUT2D eigenvalue weighted by atomic mass is 33.1. The topological polar surface area (TPSA) is 38.9 Å². The number of nitrogen functional groups attached to an aromatic ring is 1. The molecule has 48 valence electrons. The van der Waals surface area contributed by atoms with Crippen molar-refractivity contribution in [1.29, 1.82) is 0 Å². The van der Waals surface area contributed by atoms with Gasteiger partial charge in [0.2, 0.25) is 0 Å². The van der Waals surface area contributed by atoms with Crippen molar-refractivity contribution in [1.82, 2.24) is 4.98 Å². The van der Waals surface area contributed by atoms with Crippen molar-refractivity contribution in [2.45, 2.75) is 4.90 Å². The van der Waals surface area contributed by atoms with Crippen LogP contribution in [0.4, 0.5) is 5.82 Å². The lowest BCUT2D eigenvalue weighted by Crippen LogP contribution is -1.87. The van der Waals surface area contributed by atoms with E-state index in [1.165, 1.54) is 10.8 Å². The van der Waals surface area contributed by atoms with Crippen molar-refractivity contribution in [3.63, 3.8) is 0 Å². The number of nitrogens with zero attached hydrogens (tertiary/aromatic N) is 1. The minimum absolute atomic E-state index is 0.536. The van der Waals surface area contributed by atoms with Crippen LogP contribution in [-0.2, 0) is 0 Å². The molecule has 1 aromatic rings. The molecule has 0 saturated carbocycles. The average Bonchev–Trinajstić information content (AvgIpc) is 1.88. The molecule has 1 rings (SSSR count). The van der Waals surface area contributed by atoms with Crippen LogP contribution in [0.25, 0.3) is 0 Å². The summed E-state index contributed by atoms with van der Waals surface area (Å²) in [5.41, 5.74) is 5.38. The molecular formula is C5H6N2S2. The lowest BCUT2D eigenvalue weighted by molar-refractivity contribution is 1.28. The molecule has 0 amide bonds. The van der Waals surface area contributed by atoms with E-state index in [4.69, 9.17) is 5.73 Å². The smallest absolute Gasteiger partial charge is 0.124 e. The fourth-order valence-electron chi connectivity index (χ4n) is 0.485. The Bertz CT molecular complexity index is 202. The quantitative estimate of drug-likeness (QED) is 0.481. The first kappa shape index (κ1) is 6.77. The van der Waals surface area contributed by atoms with Crippen LogP contribution < -0.4 is 5.73 Å². The summed E-state index contributed by atoms with van der Waals surface area (Å²) in [5, 5.41) is 0. The molecule has 0 radical (unpaired) electrons. The molecule has 1 heterocycles. The summed E-state index contributed by atoms with van der Waals surface area (Å²) in [7, 11) is 1.36. The summed E-state index contributed by atoms with van der Waals surface area (Å²) in [5.74, 6) is 0.536. The molecule has 0 saturated heterocycles. The summed E-state index contributed by atoms with van der Waals surface area (Å²) in [6.45, 7) is 0. The Morgan fingerprint density at radius 2 is 2.44 bits per heavy atom. The van der Waals surface area contributed by atoms with E-state index in [0.717, 1.165) is 4.90 Å². The van der Waals surface area contributed by atoms with Gasteiger partial charge in [0.05, 0.1) is 0 Å². The van der Waals surface area contributed by atoms with Crippen LogP contribution in [0.1, 0.15) is 0 Å². The molecule has 2 N–H and O–H groups in total. The Morgan fingerprint density at radius 1 is 1.67 bits per heavy atom. The molecule has 9 heavy (non-hydrogen) atoms. The van der Waals surface area contributed by atoms with E-state index in [2.05, 4.69) is 16.6 Å². The molecule has 0 fully saturated rings. The normalized spacial score (nSPS) is 9.44. The van der Waals surface area contributed by atoms with Crippen LogP contribution in [0.3, 0.4) is 0 Å². The van der Waals surface area contributed by atoms with Gasteiger partial charge in [-0.1, -0.05) is 10.8 Å². The molecule has 2 nitrogen and oxygen atoms in total. The average molecular weight is 158 g/mol. The molecule has 0 atom stereocenters. The number of hydrogen-bond donors (Lipinski definition) is 2. The predicted octanol–water partition coefficient (Wildman–Crippen LogP) is 1.60. The second-order valence-electron chi connectivity index (χ2n) is 1.51. The van der Waals surface area contributed by atoms with Crippen molar-refractivity contribution < 1.29 is 0 Å². The highest BCUT2D eigenvalue weighted by Crippen LogP contribution is 2.21. The molecule has 4 heteroatoms. The van der Waals surface area contributed by atoms with E-state index >= 15 is 0 Å². The first-order chi connectivity index (χ1) is 4.33. The van der Waals surface area contributed by atoms with E-state index in [1.54, 1.807) is 12.3 Å². The lowest BCUT2D eigenvalue weighted by Gasteiger charge is -1.93. The number of nitrogens with two attached hydrogens (primary N) is 1. The first-order valence-electron chi connectivity index (χ1n) is 2.36. The zero-order valence-electron chi connectivity index (χ0n) is 4.61. The molecule has 0 unspecified atom stereocenters. The Kier molecular flexibility index (Phi) is 2.24. The van der Waals surface area contributed by atoms with Crippen molar-refractivity contribution >= 4 is 28.3 Å². The second kappa shape index (κ2) is 2.98. The van der Waals surface area contributed by atoms with Gasteiger partial charge in [0.25, 0.3) is 0 Å². The van der Waals surface area contributed by atoms with Crippen LogP contribution in [0.5, 0.6) is 0 Å². The zero-order valence-corrected chi connectivity index (χ0v) is 6.32. The van der Waals surface area contributed by atoms with Crippen LogP contribution in [0.2, 0.25) is 0 Å². The van der Waals surface area contributed by atoms with Crippen LogP contribution in [0, 0.1) is 0 Å². The molecule has 0 aliphatic heterocycles. The highest BCUT2D eigenvalue weighted by Gasteiger charge is 1.88. The number of rotatable bonds is 1. The van der Waals surface area contributed by atoms with Crippen LogP contribution in [-0.4, -0.2) is 4.98 Å². The summed E-state index contributed by atoms with van der Waals surface area (Å²) >= 11 is 3.99. The summed E-state index contributed by atoms with van der Waals surface area (Å²) in [4.78, 5) is 4.84. The molecular weight excluding hydrogens is 152 g/mol. The van der Waals surface area contributed by atoms with Gasteiger partial charge < -0.3 is 5.73 Å². The highest BCUT2D eigenvalue weighted by molar-refractivity contribution is 8.68. The van der Waals surface area contributed by atoms with Gasteiger partial charge in [-0.05, 0) is 12.1 Å². The fraction of sp³-hybridized carbons (Fsp3) is 0. The van der Waals surface area contributed by atoms with E-state index in [0.29, 0.717) is 5.82 Å². The van der Waals surface area contributed by atoms with E-state index in [-0.39, 0.29) is 0 Å². The minimum Gasteiger partial charge on any atom is -0.384 e. The van der Waals surface area contributed by atoms with E-state index in [9.17, 15) is 0 Å². The van der Waals surface area contributed by atoms with Gasteiger partial charge in [-0.3, -0.25) is 0 Å². The molecule has 0 aliphatic carbocycles. The SMILES string of the molecule is Nc1cc(SS)ccn1. The lowest BCUT2D eigenvalue weighted by atomic mass is 10.5. The summed E-state index contributed by atoms with van der Waals surface area (Å²) in [6, 6.07) is 3.63. The second-order valence-corrected chi connectivity index (χ2v) is 2.71. The maximum atomic E-state index is 5.38.